The lowest BCUT2D eigenvalue weighted by molar-refractivity contribution is -0.393. The van der Waals surface area contributed by atoms with Gasteiger partial charge in [-0.2, -0.15) is 0 Å². The van der Waals surface area contributed by atoms with Gasteiger partial charge in [-0.3, -0.25) is 20.2 Å². The molecule has 0 unspecified atom stereocenters. The van der Waals surface area contributed by atoms with Crippen LogP contribution in [0.5, 0.6) is 0 Å². The average Bonchev–Trinajstić information content (AvgIpc) is 2.37. The first-order valence-corrected chi connectivity index (χ1v) is 6.15. The van der Waals surface area contributed by atoms with E-state index in [-0.39, 0.29) is 17.1 Å². The Morgan fingerprint density at radius 2 is 1.52 bits per heavy atom. The quantitative estimate of drug-likeness (QED) is 0.680. The average molecular weight is 287 g/mol. The Kier molecular flexibility index (Phi) is 3.84. The monoisotopic (exact) mass is 287 g/mol. The van der Waals surface area contributed by atoms with Gasteiger partial charge in [-0.25, -0.2) is 0 Å². The highest BCUT2D eigenvalue weighted by atomic mass is 16.6. The molecule has 7 nitrogen and oxygen atoms in total. The SMILES string of the molecule is Cc1cc(C)cc(Nc2ccc([N+](=O)[O-])cc2[N+](=O)[O-])c1. The zero-order valence-corrected chi connectivity index (χ0v) is 11.5. The van der Waals surface area contributed by atoms with Crippen LogP contribution in [-0.4, -0.2) is 9.85 Å². The molecule has 21 heavy (non-hydrogen) atoms. The molecule has 0 bridgehead atoms. The highest BCUT2D eigenvalue weighted by Crippen LogP contribution is 2.31. The van der Waals surface area contributed by atoms with Crippen molar-refractivity contribution in [1.82, 2.24) is 0 Å². The summed E-state index contributed by atoms with van der Waals surface area (Å²) >= 11 is 0. The van der Waals surface area contributed by atoms with E-state index in [4.69, 9.17) is 0 Å². The zero-order valence-electron chi connectivity index (χ0n) is 11.5. The Balaban J connectivity index is 2.43. The van der Waals surface area contributed by atoms with Gasteiger partial charge in [-0.1, -0.05) is 6.07 Å². The molecule has 0 saturated heterocycles. The van der Waals surface area contributed by atoms with E-state index in [1.54, 1.807) is 0 Å². The molecule has 2 rings (SSSR count). The molecule has 0 radical (unpaired) electrons. The van der Waals surface area contributed by atoms with Crippen molar-refractivity contribution in [2.45, 2.75) is 13.8 Å². The fraction of sp³-hybridized carbons (Fsp3) is 0.143. The molecular weight excluding hydrogens is 274 g/mol. The van der Waals surface area contributed by atoms with Crippen LogP contribution in [-0.2, 0) is 0 Å². The van der Waals surface area contributed by atoms with Crippen LogP contribution >= 0.6 is 0 Å². The summed E-state index contributed by atoms with van der Waals surface area (Å²) in [6, 6.07) is 9.20. The second-order valence-electron chi connectivity index (χ2n) is 4.72. The van der Waals surface area contributed by atoms with Crippen molar-refractivity contribution in [3.63, 3.8) is 0 Å². The molecule has 0 aliphatic carbocycles. The minimum Gasteiger partial charge on any atom is -0.350 e. The van der Waals surface area contributed by atoms with Gasteiger partial charge in [-0.15, -0.1) is 0 Å². The van der Waals surface area contributed by atoms with Crippen molar-refractivity contribution in [3.05, 3.63) is 67.8 Å². The summed E-state index contributed by atoms with van der Waals surface area (Å²) in [6.07, 6.45) is 0. The summed E-state index contributed by atoms with van der Waals surface area (Å²) in [5, 5.41) is 24.7. The van der Waals surface area contributed by atoms with Crippen molar-refractivity contribution in [2.24, 2.45) is 0 Å². The summed E-state index contributed by atoms with van der Waals surface area (Å²) in [4.78, 5) is 20.5. The molecule has 0 heterocycles. The third-order valence-corrected chi connectivity index (χ3v) is 2.89. The summed E-state index contributed by atoms with van der Waals surface area (Å²) < 4.78 is 0. The van der Waals surface area contributed by atoms with Gasteiger partial charge in [0, 0.05) is 11.8 Å². The number of hydrogen-bond acceptors (Lipinski definition) is 5. The van der Waals surface area contributed by atoms with Gasteiger partial charge in [0.1, 0.15) is 5.69 Å². The maximum atomic E-state index is 11.1. The number of nitro groups is 2. The van der Waals surface area contributed by atoms with Crippen molar-refractivity contribution in [3.8, 4) is 0 Å². The van der Waals surface area contributed by atoms with E-state index >= 15 is 0 Å². The lowest BCUT2D eigenvalue weighted by Crippen LogP contribution is -1.99. The van der Waals surface area contributed by atoms with Gasteiger partial charge in [0.2, 0.25) is 0 Å². The molecule has 0 aromatic heterocycles. The first-order chi connectivity index (χ1) is 9.86. The van der Waals surface area contributed by atoms with Crippen LogP contribution in [0.1, 0.15) is 11.1 Å². The van der Waals surface area contributed by atoms with Gasteiger partial charge in [0.05, 0.1) is 15.9 Å². The second-order valence-corrected chi connectivity index (χ2v) is 4.72. The van der Waals surface area contributed by atoms with E-state index in [2.05, 4.69) is 5.32 Å². The maximum Gasteiger partial charge on any atom is 0.299 e. The van der Waals surface area contributed by atoms with Crippen LogP contribution in [0, 0.1) is 34.1 Å². The van der Waals surface area contributed by atoms with E-state index in [1.807, 2.05) is 32.0 Å². The Morgan fingerprint density at radius 3 is 2.05 bits per heavy atom. The topological polar surface area (TPSA) is 98.3 Å². The van der Waals surface area contributed by atoms with E-state index < -0.39 is 9.85 Å². The van der Waals surface area contributed by atoms with Crippen LogP contribution in [0.25, 0.3) is 0 Å². The lowest BCUT2D eigenvalue weighted by atomic mass is 10.1. The van der Waals surface area contributed by atoms with Crippen LogP contribution in [0.3, 0.4) is 0 Å². The first-order valence-electron chi connectivity index (χ1n) is 6.15. The normalized spacial score (nSPS) is 10.2. The largest absolute Gasteiger partial charge is 0.350 e. The molecule has 0 aliphatic rings. The second kappa shape index (κ2) is 5.58. The molecule has 0 aliphatic heterocycles. The standard InChI is InChI=1S/C14H13N3O4/c1-9-5-10(2)7-11(6-9)15-13-4-3-12(16(18)19)8-14(13)17(20)21/h3-8,15H,1-2H3. The summed E-state index contributed by atoms with van der Waals surface area (Å²) in [5.74, 6) is 0. The van der Waals surface area contributed by atoms with Crippen LogP contribution < -0.4 is 5.32 Å². The first kappa shape index (κ1) is 14.4. The van der Waals surface area contributed by atoms with Crippen molar-refractivity contribution < 1.29 is 9.85 Å². The van der Waals surface area contributed by atoms with E-state index in [9.17, 15) is 20.2 Å². The predicted molar refractivity (Wildman–Crippen MR) is 78.9 cm³/mol. The third kappa shape index (κ3) is 3.33. The molecule has 0 amide bonds. The molecule has 2 aromatic rings. The molecule has 1 N–H and O–H groups in total. The van der Waals surface area contributed by atoms with Gasteiger partial charge >= 0.3 is 0 Å². The van der Waals surface area contributed by atoms with Gasteiger partial charge in [0.25, 0.3) is 11.4 Å². The van der Waals surface area contributed by atoms with E-state index in [0.717, 1.165) is 17.2 Å². The van der Waals surface area contributed by atoms with Gasteiger partial charge in [0.15, 0.2) is 0 Å². The number of benzene rings is 2. The maximum absolute atomic E-state index is 11.1. The van der Waals surface area contributed by atoms with E-state index in [0.29, 0.717) is 5.69 Å². The van der Waals surface area contributed by atoms with Crippen molar-refractivity contribution in [1.29, 1.82) is 0 Å². The highest BCUT2D eigenvalue weighted by Gasteiger charge is 2.19. The molecule has 0 spiro atoms. The number of hydrogen-bond donors (Lipinski definition) is 1. The fourth-order valence-electron chi connectivity index (χ4n) is 2.09. The van der Waals surface area contributed by atoms with Crippen LogP contribution in [0.4, 0.5) is 22.7 Å². The number of nitrogens with one attached hydrogen (secondary N) is 1. The number of non-ortho nitro benzene ring substituents is 1. The minimum atomic E-state index is -0.659. The smallest absolute Gasteiger partial charge is 0.299 e. The van der Waals surface area contributed by atoms with E-state index in [1.165, 1.54) is 12.1 Å². The molecule has 0 fully saturated rings. The van der Waals surface area contributed by atoms with Gasteiger partial charge < -0.3 is 5.32 Å². The highest BCUT2D eigenvalue weighted by molar-refractivity contribution is 5.72. The summed E-state index contributed by atoms with van der Waals surface area (Å²) in [6.45, 7) is 3.84. The summed E-state index contributed by atoms with van der Waals surface area (Å²) in [5.41, 5.74) is 2.31. The Bertz CT molecular complexity index is 708. The fourth-order valence-corrected chi connectivity index (χ4v) is 2.09. The van der Waals surface area contributed by atoms with Crippen LogP contribution in [0.15, 0.2) is 36.4 Å². The molecule has 108 valence electrons. The number of nitrogens with zero attached hydrogens (tertiary/aromatic N) is 2. The van der Waals surface area contributed by atoms with Crippen molar-refractivity contribution in [2.75, 3.05) is 5.32 Å². The van der Waals surface area contributed by atoms with Gasteiger partial charge in [-0.05, 0) is 43.2 Å². The Hall–Kier alpha value is -2.96. The Morgan fingerprint density at radius 1 is 0.905 bits per heavy atom. The third-order valence-electron chi connectivity index (χ3n) is 2.89. The molecule has 0 saturated carbocycles. The molecule has 7 heteroatoms. The Labute approximate surface area is 120 Å². The molecule has 0 atom stereocenters. The number of nitro benzene ring substituents is 2. The molecular formula is C14H13N3O4. The minimum absolute atomic E-state index is 0.218. The molecule has 2 aromatic carbocycles. The lowest BCUT2D eigenvalue weighted by Gasteiger charge is -2.09. The number of anilines is 2. The van der Waals surface area contributed by atoms with Crippen LogP contribution in [0.2, 0.25) is 0 Å². The van der Waals surface area contributed by atoms with Crippen molar-refractivity contribution >= 4 is 22.7 Å². The number of aryl methyl sites for hydroxylation is 2. The summed E-state index contributed by atoms with van der Waals surface area (Å²) in [7, 11) is 0. The predicted octanol–water partition coefficient (Wildman–Crippen LogP) is 3.86. The zero-order chi connectivity index (χ0) is 15.6. The number of rotatable bonds is 4.